The molecule has 0 atom stereocenters. The van der Waals surface area contributed by atoms with E-state index in [4.69, 9.17) is 14.6 Å². The molecule has 4 nitrogen and oxygen atoms in total. The van der Waals surface area contributed by atoms with Crippen LogP contribution >= 0.6 is 0 Å². The van der Waals surface area contributed by atoms with Gasteiger partial charge < -0.3 is 14.6 Å². The molecule has 1 aliphatic rings. The molecule has 0 unspecified atom stereocenters. The second kappa shape index (κ2) is 9.63. The van der Waals surface area contributed by atoms with Crippen LogP contribution in [0.3, 0.4) is 0 Å². The number of allylic oxidation sites excluding steroid dienone is 2. The largest absolute Gasteiger partial charge is 0.490 e. The number of ether oxygens (including phenoxy) is 2. The van der Waals surface area contributed by atoms with Crippen LogP contribution in [0, 0.1) is 0 Å². The van der Waals surface area contributed by atoms with E-state index in [9.17, 15) is 18.0 Å². The molecular weight excluding hydrogens is 397 g/mol. The minimum atomic E-state index is -4.43. The molecule has 0 saturated carbocycles. The third-order valence-corrected chi connectivity index (χ3v) is 4.64. The van der Waals surface area contributed by atoms with Crippen LogP contribution in [-0.4, -0.2) is 30.4 Å². The molecule has 0 spiro atoms. The fourth-order valence-electron chi connectivity index (χ4n) is 3.15. The van der Waals surface area contributed by atoms with Crippen LogP contribution in [0.15, 0.2) is 66.8 Å². The summed E-state index contributed by atoms with van der Waals surface area (Å²) in [6, 6.07) is 12.0. The van der Waals surface area contributed by atoms with Gasteiger partial charge >= 0.3 is 12.1 Å². The zero-order chi connectivity index (χ0) is 21.6. The van der Waals surface area contributed by atoms with Crippen molar-refractivity contribution < 1.29 is 32.5 Å². The van der Waals surface area contributed by atoms with Crippen LogP contribution < -0.4 is 4.74 Å². The van der Waals surface area contributed by atoms with Gasteiger partial charge in [0, 0.05) is 18.9 Å². The molecule has 1 fully saturated rings. The average molecular weight is 418 g/mol. The Kier molecular flexibility index (Phi) is 6.95. The zero-order valence-corrected chi connectivity index (χ0v) is 16.1. The Morgan fingerprint density at radius 1 is 1.07 bits per heavy atom. The minimum absolute atomic E-state index is 0.0411. The lowest BCUT2D eigenvalue weighted by Crippen LogP contribution is -2.25. The Bertz CT molecular complexity index is 924. The molecule has 0 amide bonds. The van der Waals surface area contributed by atoms with E-state index in [1.54, 1.807) is 24.3 Å². The van der Waals surface area contributed by atoms with Gasteiger partial charge in [-0.25, -0.2) is 4.79 Å². The van der Waals surface area contributed by atoms with Gasteiger partial charge in [-0.15, -0.1) is 0 Å². The van der Waals surface area contributed by atoms with Crippen molar-refractivity contribution >= 4 is 11.5 Å². The number of rotatable bonds is 6. The third-order valence-electron chi connectivity index (χ3n) is 4.64. The Morgan fingerprint density at radius 3 is 2.40 bits per heavy atom. The summed E-state index contributed by atoms with van der Waals surface area (Å²) in [4.78, 5) is 10.8. The maximum absolute atomic E-state index is 12.9. The van der Waals surface area contributed by atoms with Crippen molar-refractivity contribution in [1.82, 2.24) is 0 Å². The Balaban J connectivity index is 1.92. The predicted octanol–water partition coefficient (Wildman–Crippen LogP) is 5.34. The number of aliphatic carboxylic acids is 1. The topological polar surface area (TPSA) is 55.8 Å². The first-order valence-electron chi connectivity index (χ1n) is 9.47. The van der Waals surface area contributed by atoms with Gasteiger partial charge in [0.2, 0.25) is 0 Å². The van der Waals surface area contributed by atoms with Crippen LogP contribution in [-0.2, 0) is 15.7 Å². The van der Waals surface area contributed by atoms with Crippen LogP contribution in [0.1, 0.15) is 29.5 Å². The van der Waals surface area contributed by atoms with Gasteiger partial charge in [0.05, 0.1) is 18.8 Å². The van der Waals surface area contributed by atoms with E-state index in [1.807, 2.05) is 6.07 Å². The van der Waals surface area contributed by atoms with Crippen LogP contribution in [0.5, 0.6) is 5.75 Å². The van der Waals surface area contributed by atoms with Gasteiger partial charge in [0.1, 0.15) is 11.9 Å². The van der Waals surface area contributed by atoms with Crippen molar-refractivity contribution in [3.05, 3.63) is 83.4 Å². The van der Waals surface area contributed by atoms with Gasteiger partial charge in [-0.1, -0.05) is 36.4 Å². The highest BCUT2D eigenvalue weighted by Gasteiger charge is 2.30. The SMILES string of the molecule is O=C(O)/C=C/C=C(\c1ccc(C(F)(F)F)cc1)c1cccc(OC2CCOCC2)c1. The van der Waals surface area contributed by atoms with Crippen molar-refractivity contribution in [2.24, 2.45) is 0 Å². The first-order valence-corrected chi connectivity index (χ1v) is 9.47. The van der Waals surface area contributed by atoms with Gasteiger partial charge in [0.25, 0.3) is 0 Å². The number of carbonyl (C=O) groups is 1. The highest BCUT2D eigenvalue weighted by Crippen LogP contribution is 2.32. The lowest BCUT2D eigenvalue weighted by Gasteiger charge is -2.23. The van der Waals surface area contributed by atoms with Gasteiger partial charge in [0.15, 0.2) is 0 Å². The Morgan fingerprint density at radius 2 is 1.77 bits per heavy atom. The molecule has 2 aromatic rings. The monoisotopic (exact) mass is 418 g/mol. The first kappa shape index (κ1) is 21.6. The van der Waals surface area contributed by atoms with E-state index in [2.05, 4.69) is 0 Å². The molecule has 1 N–H and O–H groups in total. The quantitative estimate of drug-likeness (QED) is 0.509. The van der Waals surface area contributed by atoms with Gasteiger partial charge in [-0.2, -0.15) is 13.2 Å². The molecule has 3 rings (SSSR count). The molecule has 0 bridgehead atoms. The summed E-state index contributed by atoms with van der Waals surface area (Å²) in [6.45, 7) is 1.28. The normalized spacial score (nSPS) is 16.0. The fourth-order valence-corrected chi connectivity index (χ4v) is 3.15. The van der Waals surface area contributed by atoms with E-state index in [1.165, 1.54) is 18.2 Å². The van der Waals surface area contributed by atoms with E-state index in [0.717, 1.165) is 31.1 Å². The number of benzene rings is 2. The minimum Gasteiger partial charge on any atom is -0.490 e. The van der Waals surface area contributed by atoms with Crippen molar-refractivity contribution in [2.75, 3.05) is 13.2 Å². The highest BCUT2D eigenvalue weighted by molar-refractivity contribution is 5.84. The number of hydrogen-bond donors (Lipinski definition) is 1. The summed E-state index contributed by atoms with van der Waals surface area (Å²) in [5.74, 6) is -0.478. The first-order chi connectivity index (χ1) is 14.3. The van der Waals surface area contributed by atoms with Crippen LogP contribution in [0.4, 0.5) is 13.2 Å². The van der Waals surface area contributed by atoms with Crippen LogP contribution in [0.2, 0.25) is 0 Å². The van der Waals surface area contributed by atoms with E-state index in [-0.39, 0.29) is 6.10 Å². The summed E-state index contributed by atoms with van der Waals surface area (Å²) in [5.41, 5.74) is 1.07. The standard InChI is InChI=1S/C23H21F3O4/c24-23(25,26)18-9-7-16(8-10-18)21(5-2-6-22(27)28)17-3-1-4-20(15-17)30-19-11-13-29-14-12-19/h1-10,15,19H,11-14H2,(H,27,28)/b6-2+,21-5+. The van der Waals surface area contributed by atoms with Crippen molar-refractivity contribution in [1.29, 1.82) is 0 Å². The maximum Gasteiger partial charge on any atom is 0.416 e. The van der Waals surface area contributed by atoms with Crippen LogP contribution in [0.25, 0.3) is 5.57 Å². The molecule has 0 radical (unpaired) electrons. The molecule has 1 aliphatic heterocycles. The third kappa shape index (κ3) is 5.97. The molecule has 2 aromatic carbocycles. The number of carboxylic acid groups (broad SMARTS) is 1. The van der Waals surface area contributed by atoms with Gasteiger partial charge in [-0.05, 0) is 41.0 Å². The molecule has 0 aliphatic carbocycles. The van der Waals surface area contributed by atoms with E-state index >= 15 is 0 Å². The molecule has 1 heterocycles. The molecule has 0 aromatic heterocycles. The maximum atomic E-state index is 12.9. The zero-order valence-electron chi connectivity index (χ0n) is 16.1. The number of carboxylic acids is 1. The number of hydrogen-bond acceptors (Lipinski definition) is 3. The lowest BCUT2D eigenvalue weighted by atomic mass is 9.96. The fraction of sp³-hybridized carbons (Fsp3) is 0.261. The molecule has 7 heteroatoms. The Labute approximate surface area is 172 Å². The summed E-state index contributed by atoms with van der Waals surface area (Å²) < 4.78 is 50.0. The lowest BCUT2D eigenvalue weighted by molar-refractivity contribution is -0.137. The Hall–Kier alpha value is -3.06. The van der Waals surface area contributed by atoms with Crippen molar-refractivity contribution in [3.63, 3.8) is 0 Å². The molecular formula is C23H21F3O4. The summed E-state index contributed by atoms with van der Waals surface area (Å²) in [6.07, 6.45) is 1.06. The van der Waals surface area contributed by atoms with Crippen molar-refractivity contribution in [3.8, 4) is 5.75 Å². The van der Waals surface area contributed by atoms with Gasteiger partial charge in [-0.3, -0.25) is 0 Å². The highest BCUT2D eigenvalue weighted by atomic mass is 19.4. The molecule has 1 saturated heterocycles. The number of alkyl halides is 3. The van der Waals surface area contributed by atoms with E-state index < -0.39 is 17.7 Å². The molecule has 30 heavy (non-hydrogen) atoms. The predicted molar refractivity (Wildman–Crippen MR) is 106 cm³/mol. The van der Waals surface area contributed by atoms with Crippen molar-refractivity contribution in [2.45, 2.75) is 25.1 Å². The second-order valence-electron chi connectivity index (χ2n) is 6.81. The molecule has 158 valence electrons. The summed E-state index contributed by atoms with van der Waals surface area (Å²) in [5, 5.41) is 8.85. The average Bonchev–Trinajstić information content (AvgIpc) is 2.71. The summed E-state index contributed by atoms with van der Waals surface area (Å²) >= 11 is 0. The summed E-state index contributed by atoms with van der Waals surface area (Å²) in [7, 11) is 0. The number of halogens is 3. The van der Waals surface area contributed by atoms with E-state index in [0.29, 0.717) is 35.7 Å². The smallest absolute Gasteiger partial charge is 0.416 e. The second-order valence-corrected chi connectivity index (χ2v) is 6.81.